The van der Waals surface area contributed by atoms with Crippen LogP contribution in [0.2, 0.25) is 0 Å². The van der Waals surface area contributed by atoms with Gasteiger partial charge in [0, 0.05) is 18.5 Å². The zero-order valence-electron chi connectivity index (χ0n) is 13.6. The van der Waals surface area contributed by atoms with Gasteiger partial charge >= 0.3 is 5.69 Å². The van der Waals surface area contributed by atoms with Crippen LogP contribution in [0, 0.1) is 10.1 Å². The number of rotatable bonds is 5. The van der Waals surface area contributed by atoms with Crippen LogP contribution in [0.25, 0.3) is 0 Å². The van der Waals surface area contributed by atoms with E-state index in [4.69, 9.17) is 4.74 Å². The number of likely N-dealkylation sites (tertiary alicyclic amines) is 1. The Kier molecular flexibility index (Phi) is 4.53. The zero-order valence-corrected chi connectivity index (χ0v) is 13.6. The number of hydrogen-bond acceptors (Lipinski definition) is 4. The molecule has 1 saturated carbocycles. The van der Waals surface area contributed by atoms with Gasteiger partial charge in [0.1, 0.15) is 6.17 Å². The van der Waals surface area contributed by atoms with Crippen LogP contribution in [0.3, 0.4) is 0 Å². The van der Waals surface area contributed by atoms with Gasteiger partial charge in [0.25, 0.3) is 0 Å². The van der Waals surface area contributed by atoms with E-state index in [2.05, 4.69) is 0 Å². The largest absolute Gasteiger partial charge is 0.483 e. The summed E-state index contributed by atoms with van der Waals surface area (Å²) in [5.74, 6) is 0.0966. The van der Waals surface area contributed by atoms with E-state index in [0.29, 0.717) is 18.7 Å². The minimum atomic E-state index is -0.950. The first-order valence-corrected chi connectivity index (χ1v) is 8.30. The van der Waals surface area contributed by atoms with Gasteiger partial charge in [-0.2, -0.15) is 0 Å². The molecule has 2 fully saturated rings. The molecule has 1 aromatic carbocycles. The molecule has 5 nitrogen and oxygen atoms in total. The van der Waals surface area contributed by atoms with Crippen molar-refractivity contribution in [2.45, 2.75) is 50.8 Å². The van der Waals surface area contributed by atoms with Crippen molar-refractivity contribution >= 4 is 5.69 Å². The van der Waals surface area contributed by atoms with Gasteiger partial charge < -0.3 is 9.64 Å². The monoisotopic (exact) mass is 322 g/mol. The van der Waals surface area contributed by atoms with Crippen LogP contribution in [0.4, 0.5) is 10.1 Å². The van der Waals surface area contributed by atoms with E-state index in [1.807, 2.05) is 18.9 Å². The summed E-state index contributed by atoms with van der Waals surface area (Å²) in [6, 6.07) is 3.32. The molecule has 0 N–H and O–H groups in total. The van der Waals surface area contributed by atoms with Crippen molar-refractivity contribution in [3.63, 3.8) is 0 Å². The predicted octanol–water partition coefficient (Wildman–Crippen LogP) is 3.46. The Morgan fingerprint density at radius 2 is 2.13 bits per heavy atom. The van der Waals surface area contributed by atoms with Crippen LogP contribution in [-0.2, 0) is 6.42 Å². The Morgan fingerprint density at radius 3 is 2.70 bits per heavy atom. The van der Waals surface area contributed by atoms with Crippen molar-refractivity contribution in [3.05, 3.63) is 33.4 Å². The second-order valence-corrected chi connectivity index (χ2v) is 6.62. The number of benzene rings is 1. The summed E-state index contributed by atoms with van der Waals surface area (Å²) in [4.78, 5) is 12.9. The van der Waals surface area contributed by atoms with Crippen molar-refractivity contribution < 1.29 is 14.1 Å². The molecule has 2 aliphatic rings. The number of ether oxygens (including phenoxy) is 1. The quantitative estimate of drug-likeness (QED) is 0.615. The molecule has 1 aliphatic heterocycles. The third-order valence-electron chi connectivity index (χ3n) is 4.76. The summed E-state index contributed by atoms with van der Waals surface area (Å²) in [5.41, 5.74) is 1.74. The Morgan fingerprint density at radius 1 is 1.39 bits per heavy atom. The molecule has 126 valence electrons. The third kappa shape index (κ3) is 3.47. The number of piperidine rings is 1. The highest BCUT2D eigenvalue weighted by atomic mass is 19.1. The minimum Gasteiger partial charge on any atom is -0.483 e. The highest BCUT2D eigenvalue weighted by Crippen LogP contribution is 2.40. The number of nitrogens with zero attached hydrogens (tertiary/aromatic N) is 2. The topological polar surface area (TPSA) is 55.6 Å². The van der Waals surface area contributed by atoms with Gasteiger partial charge in [0.05, 0.1) is 11.0 Å². The van der Waals surface area contributed by atoms with Gasteiger partial charge in [-0.1, -0.05) is 6.92 Å². The number of nitro benzene ring substituents is 1. The maximum Gasteiger partial charge on any atom is 0.311 e. The first-order chi connectivity index (χ1) is 11.0. The SMILES string of the molecule is CCc1cc([N+](=O)[O-])c(OC2CC2)cc1C1CCN(C)CC1F. The molecule has 0 aromatic heterocycles. The lowest BCUT2D eigenvalue weighted by Crippen LogP contribution is -2.38. The molecule has 1 saturated heterocycles. The molecule has 2 unspecified atom stereocenters. The number of hydrogen-bond donors (Lipinski definition) is 0. The van der Waals surface area contributed by atoms with Crippen LogP contribution < -0.4 is 4.74 Å². The van der Waals surface area contributed by atoms with Crippen LogP contribution in [0.1, 0.15) is 43.2 Å². The summed E-state index contributed by atoms with van der Waals surface area (Å²) < 4.78 is 20.3. The van der Waals surface area contributed by atoms with Crippen molar-refractivity contribution in [2.75, 3.05) is 20.1 Å². The fourth-order valence-electron chi connectivity index (χ4n) is 3.29. The Bertz CT molecular complexity index is 604. The number of halogens is 1. The molecule has 2 atom stereocenters. The molecule has 0 spiro atoms. The molecule has 6 heteroatoms. The summed E-state index contributed by atoms with van der Waals surface area (Å²) in [6.07, 6.45) is 2.37. The van der Waals surface area contributed by atoms with Gasteiger partial charge in [-0.15, -0.1) is 0 Å². The number of nitro groups is 1. The second kappa shape index (κ2) is 6.43. The lowest BCUT2D eigenvalue weighted by Gasteiger charge is -2.33. The van der Waals surface area contributed by atoms with E-state index in [-0.39, 0.29) is 17.7 Å². The lowest BCUT2D eigenvalue weighted by molar-refractivity contribution is -0.386. The fourth-order valence-corrected chi connectivity index (χ4v) is 3.29. The van der Waals surface area contributed by atoms with Gasteiger partial charge in [-0.3, -0.25) is 10.1 Å². The molecular formula is C17H23FN2O3. The zero-order chi connectivity index (χ0) is 16.6. The van der Waals surface area contributed by atoms with Crippen LogP contribution >= 0.6 is 0 Å². The molecular weight excluding hydrogens is 299 g/mol. The Labute approximate surface area is 135 Å². The van der Waals surface area contributed by atoms with E-state index < -0.39 is 11.1 Å². The summed E-state index contributed by atoms with van der Waals surface area (Å²) in [5, 5.41) is 11.3. The number of aryl methyl sites for hydroxylation is 1. The van der Waals surface area contributed by atoms with E-state index in [9.17, 15) is 14.5 Å². The maximum atomic E-state index is 14.5. The van der Waals surface area contributed by atoms with E-state index >= 15 is 0 Å². The third-order valence-corrected chi connectivity index (χ3v) is 4.76. The highest BCUT2D eigenvalue weighted by molar-refractivity contribution is 5.53. The summed E-state index contributed by atoms with van der Waals surface area (Å²) >= 11 is 0. The van der Waals surface area contributed by atoms with Crippen molar-refractivity contribution in [3.8, 4) is 5.75 Å². The Balaban J connectivity index is 1.98. The molecule has 1 aromatic rings. The van der Waals surface area contributed by atoms with Gasteiger partial charge in [-0.05, 0) is 56.5 Å². The molecule has 1 aliphatic carbocycles. The smallest absolute Gasteiger partial charge is 0.311 e. The van der Waals surface area contributed by atoms with Crippen LogP contribution in [0.5, 0.6) is 5.75 Å². The lowest BCUT2D eigenvalue weighted by atomic mass is 9.84. The van der Waals surface area contributed by atoms with Gasteiger partial charge in [0.2, 0.25) is 0 Å². The predicted molar refractivity (Wildman–Crippen MR) is 85.9 cm³/mol. The molecule has 0 radical (unpaired) electrons. The minimum absolute atomic E-state index is 0.000774. The second-order valence-electron chi connectivity index (χ2n) is 6.62. The standard InChI is InChI=1S/C17H23FN2O3/c1-3-11-8-16(20(21)22)17(23-12-4-5-12)9-14(11)13-6-7-19(2)10-15(13)18/h8-9,12-13,15H,3-7,10H2,1-2H3. The van der Waals surface area contributed by atoms with Gasteiger partial charge in [0.15, 0.2) is 5.75 Å². The maximum absolute atomic E-state index is 14.5. The summed E-state index contributed by atoms with van der Waals surface area (Å²) in [6.45, 7) is 3.19. The van der Waals surface area contributed by atoms with E-state index in [1.165, 1.54) is 0 Å². The molecule has 0 bridgehead atoms. The Hall–Kier alpha value is -1.69. The fraction of sp³-hybridized carbons (Fsp3) is 0.647. The first kappa shape index (κ1) is 16.2. The van der Waals surface area contributed by atoms with Crippen molar-refractivity contribution in [1.82, 2.24) is 4.90 Å². The molecule has 23 heavy (non-hydrogen) atoms. The average Bonchev–Trinajstić information content (AvgIpc) is 3.30. The number of alkyl halides is 1. The average molecular weight is 322 g/mol. The van der Waals surface area contributed by atoms with Crippen molar-refractivity contribution in [2.24, 2.45) is 0 Å². The van der Waals surface area contributed by atoms with Gasteiger partial charge in [-0.25, -0.2) is 4.39 Å². The van der Waals surface area contributed by atoms with E-state index in [1.54, 1.807) is 12.1 Å². The summed E-state index contributed by atoms with van der Waals surface area (Å²) in [7, 11) is 1.92. The van der Waals surface area contributed by atoms with Crippen molar-refractivity contribution in [1.29, 1.82) is 0 Å². The molecule has 0 amide bonds. The normalized spacial score (nSPS) is 25.3. The van der Waals surface area contributed by atoms with E-state index in [0.717, 1.165) is 36.9 Å². The van der Waals surface area contributed by atoms with Crippen LogP contribution in [-0.4, -0.2) is 42.2 Å². The highest BCUT2D eigenvalue weighted by Gasteiger charge is 2.33. The van der Waals surface area contributed by atoms with Crippen LogP contribution in [0.15, 0.2) is 12.1 Å². The molecule has 3 rings (SSSR count). The molecule has 1 heterocycles. The first-order valence-electron chi connectivity index (χ1n) is 8.30.